The molecule has 0 fully saturated rings. The van der Waals surface area contributed by atoms with Crippen LogP contribution in [0.4, 0.5) is 0 Å². The first kappa shape index (κ1) is 19.4. The van der Waals surface area contributed by atoms with Crippen molar-refractivity contribution in [3.8, 4) is 0 Å². The average molecular weight is 389 g/mol. The van der Waals surface area contributed by atoms with Crippen LogP contribution in [-0.2, 0) is 13.0 Å². The lowest BCUT2D eigenvalue weighted by molar-refractivity contribution is 0.0743. The zero-order valence-electron chi connectivity index (χ0n) is 17.1. The van der Waals surface area contributed by atoms with Gasteiger partial charge in [0.25, 0.3) is 11.5 Å². The van der Waals surface area contributed by atoms with Gasteiger partial charge in [0.1, 0.15) is 5.82 Å². The highest BCUT2D eigenvalue weighted by Crippen LogP contribution is 2.22. The van der Waals surface area contributed by atoms with Crippen LogP contribution in [0.15, 0.2) is 53.3 Å². The first-order chi connectivity index (χ1) is 14.1. The number of nitrogens with zero attached hydrogens (tertiary/aromatic N) is 3. The number of amides is 1. The minimum absolute atomic E-state index is 0.0110. The Hall–Kier alpha value is -2.95. The highest BCUT2D eigenvalue weighted by Gasteiger charge is 2.20. The molecule has 1 atom stereocenters. The van der Waals surface area contributed by atoms with Crippen LogP contribution >= 0.6 is 0 Å². The summed E-state index contributed by atoms with van der Waals surface area (Å²) in [6.07, 6.45) is 5.21. The summed E-state index contributed by atoms with van der Waals surface area (Å²) in [6, 6.07) is 15.2. The van der Waals surface area contributed by atoms with E-state index < -0.39 is 0 Å². The molecule has 0 spiro atoms. The van der Waals surface area contributed by atoms with Gasteiger partial charge in [0.05, 0.1) is 16.9 Å². The van der Waals surface area contributed by atoms with Gasteiger partial charge in [-0.05, 0) is 43.5 Å². The van der Waals surface area contributed by atoms with E-state index in [2.05, 4.69) is 0 Å². The summed E-state index contributed by atoms with van der Waals surface area (Å²) in [5, 5.41) is 0.588. The smallest absolute Gasteiger partial charge is 0.261 e. The normalized spacial score (nSPS) is 15.2. The zero-order chi connectivity index (χ0) is 20.4. The summed E-state index contributed by atoms with van der Waals surface area (Å²) in [5.41, 5.74) is 2.28. The predicted octanol–water partition coefficient (Wildman–Crippen LogP) is 4.35. The van der Waals surface area contributed by atoms with Gasteiger partial charge in [0, 0.05) is 25.6 Å². The van der Waals surface area contributed by atoms with Crippen molar-refractivity contribution in [3.05, 3.63) is 75.8 Å². The number of carbonyl (C=O) groups excluding carboxylic acids is 1. The molecule has 3 aromatic rings. The second-order valence-corrected chi connectivity index (χ2v) is 7.88. The summed E-state index contributed by atoms with van der Waals surface area (Å²) in [7, 11) is 1.81. The Morgan fingerprint density at radius 3 is 2.62 bits per heavy atom. The van der Waals surface area contributed by atoms with Crippen molar-refractivity contribution >= 4 is 16.8 Å². The van der Waals surface area contributed by atoms with Crippen LogP contribution in [0.1, 0.15) is 60.4 Å². The van der Waals surface area contributed by atoms with Crippen LogP contribution in [-0.4, -0.2) is 27.4 Å². The Morgan fingerprint density at radius 1 is 1.07 bits per heavy atom. The summed E-state index contributed by atoms with van der Waals surface area (Å²) >= 11 is 0. The van der Waals surface area contributed by atoms with Gasteiger partial charge in [-0.3, -0.25) is 14.2 Å². The molecule has 0 unspecified atom stereocenters. The number of hydrogen-bond donors (Lipinski definition) is 0. The largest absolute Gasteiger partial charge is 0.335 e. The van der Waals surface area contributed by atoms with Crippen molar-refractivity contribution < 1.29 is 4.79 Å². The van der Waals surface area contributed by atoms with Gasteiger partial charge in [-0.2, -0.15) is 0 Å². The fourth-order valence-electron chi connectivity index (χ4n) is 4.06. The van der Waals surface area contributed by atoms with Crippen LogP contribution in [0, 0.1) is 0 Å². The van der Waals surface area contributed by atoms with Crippen molar-refractivity contribution in [1.29, 1.82) is 0 Å². The third-order valence-electron chi connectivity index (χ3n) is 6.00. The standard InChI is InChI=1S/C24H27N3O2/c1-17(18-10-6-5-7-11-18)26(2)23(28)19-13-14-20-21(16-19)25-22-12-8-3-4-9-15-27(22)24(20)29/h5-7,10-11,13-14,16-17H,3-4,8-9,12,15H2,1-2H3/t17-/m1/s1. The van der Waals surface area contributed by atoms with Crippen molar-refractivity contribution in [3.63, 3.8) is 0 Å². The molecule has 0 saturated heterocycles. The van der Waals surface area contributed by atoms with Crippen LogP contribution in [0.2, 0.25) is 0 Å². The number of fused-ring (bicyclic) bond motifs is 2. The lowest BCUT2D eigenvalue weighted by Gasteiger charge is -2.25. The number of aryl methyl sites for hydroxylation is 1. The molecular formula is C24H27N3O2. The molecule has 0 aliphatic carbocycles. The van der Waals surface area contributed by atoms with Crippen molar-refractivity contribution in [2.75, 3.05) is 7.05 Å². The summed E-state index contributed by atoms with van der Waals surface area (Å²) in [6.45, 7) is 2.75. The molecule has 0 saturated carbocycles. The molecule has 0 radical (unpaired) electrons. The predicted molar refractivity (Wildman–Crippen MR) is 115 cm³/mol. The molecule has 1 aromatic heterocycles. The minimum atomic E-state index is -0.0723. The monoisotopic (exact) mass is 389 g/mol. The second-order valence-electron chi connectivity index (χ2n) is 7.88. The lowest BCUT2D eigenvalue weighted by atomic mass is 10.1. The van der Waals surface area contributed by atoms with Crippen LogP contribution < -0.4 is 5.56 Å². The van der Waals surface area contributed by atoms with Gasteiger partial charge in [0.15, 0.2) is 0 Å². The molecular weight excluding hydrogens is 362 g/mol. The molecule has 29 heavy (non-hydrogen) atoms. The highest BCUT2D eigenvalue weighted by molar-refractivity contribution is 5.97. The first-order valence-corrected chi connectivity index (χ1v) is 10.4. The number of hydrogen-bond acceptors (Lipinski definition) is 3. The Labute approximate surface area is 171 Å². The highest BCUT2D eigenvalue weighted by atomic mass is 16.2. The Kier molecular flexibility index (Phi) is 5.47. The van der Waals surface area contributed by atoms with E-state index in [0.717, 1.165) is 43.6 Å². The van der Waals surface area contributed by atoms with Gasteiger partial charge in [-0.25, -0.2) is 4.98 Å². The SMILES string of the molecule is C[C@H](c1ccccc1)N(C)C(=O)c1ccc2c(=O)n3c(nc2c1)CCCCCC3. The second kappa shape index (κ2) is 8.19. The van der Waals surface area contributed by atoms with Gasteiger partial charge in [-0.15, -0.1) is 0 Å². The van der Waals surface area contributed by atoms with E-state index in [4.69, 9.17) is 4.98 Å². The maximum absolute atomic E-state index is 13.1. The summed E-state index contributed by atoms with van der Waals surface area (Å²) in [4.78, 5) is 32.6. The number of rotatable bonds is 3. The Bertz CT molecular complexity index is 1090. The molecule has 4 rings (SSSR count). The quantitative estimate of drug-likeness (QED) is 0.669. The van der Waals surface area contributed by atoms with E-state index in [1.165, 1.54) is 6.42 Å². The third kappa shape index (κ3) is 3.82. The fourth-order valence-corrected chi connectivity index (χ4v) is 4.06. The van der Waals surface area contributed by atoms with Gasteiger partial charge in [-0.1, -0.05) is 43.2 Å². The van der Waals surface area contributed by atoms with E-state index in [0.29, 0.717) is 16.5 Å². The fraction of sp³-hybridized carbons (Fsp3) is 0.375. The zero-order valence-corrected chi connectivity index (χ0v) is 17.1. The number of aromatic nitrogens is 2. The van der Waals surface area contributed by atoms with Gasteiger partial charge >= 0.3 is 0 Å². The summed E-state index contributed by atoms with van der Waals surface area (Å²) < 4.78 is 1.83. The van der Waals surface area contributed by atoms with Crippen molar-refractivity contribution in [2.24, 2.45) is 0 Å². The van der Waals surface area contributed by atoms with Crippen molar-refractivity contribution in [1.82, 2.24) is 14.5 Å². The Balaban J connectivity index is 1.68. The third-order valence-corrected chi connectivity index (χ3v) is 6.00. The minimum Gasteiger partial charge on any atom is -0.335 e. The molecule has 1 aliphatic heterocycles. The topological polar surface area (TPSA) is 55.2 Å². The van der Waals surface area contributed by atoms with E-state index in [-0.39, 0.29) is 17.5 Å². The Morgan fingerprint density at radius 2 is 1.83 bits per heavy atom. The van der Waals surface area contributed by atoms with Crippen molar-refractivity contribution in [2.45, 2.75) is 51.6 Å². The molecule has 1 amide bonds. The number of carbonyl (C=O) groups is 1. The molecule has 2 aromatic carbocycles. The molecule has 0 N–H and O–H groups in total. The molecule has 0 bridgehead atoms. The molecule has 2 heterocycles. The summed E-state index contributed by atoms with van der Waals surface area (Å²) in [5.74, 6) is 0.773. The number of benzene rings is 2. The maximum Gasteiger partial charge on any atom is 0.261 e. The van der Waals surface area contributed by atoms with E-state index in [1.807, 2.05) is 48.9 Å². The van der Waals surface area contributed by atoms with Gasteiger partial charge in [0.2, 0.25) is 0 Å². The van der Waals surface area contributed by atoms with Gasteiger partial charge < -0.3 is 4.90 Å². The molecule has 150 valence electrons. The van der Waals surface area contributed by atoms with E-state index in [1.54, 1.807) is 23.1 Å². The van der Waals surface area contributed by atoms with Crippen LogP contribution in [0.25, 0.3) is 10.9 Å². The maximum atomic E-state index is 13.1. The van der Waals surface area contributed by atoms with E-state index in [9.17, 15) is 9.59 Å². The van der Waals surface area contributed by atoms with Crippen LogP contribution in [0.3, 0.4) is 0 Å². The lowest BCUT2D eigenvalue weighted by Crippen LogP contribution is -2.30. The molecule has 5 nitrogen and oxygen atoms in total. The van der Waals surface area contributed by atoms with Crippen LogP contribution in [0.5, 0.6) is 0 Å². The average Bonchev–Trinajstić information content (AvgIpc) is 2.74. The first-order valence-electron chi connectivity index (χ1n) is 10.4. The molecule has 1 aliphatic rings. The van der Waals surface area contributed by atoms with E-state index >= 15 is 0 Å². The molecule has 5 heteroatoms.